The van der Waals surface area contributed by atoms with Crippen molar-refractivity contribution < 1.29 is 4.79 Å². The molecule has 1 amide bonds. The maximum Gasteiger partial charge on any atom is 0.278 e. The number of hydrogen-bond acceptors (Lipinski definition) is 4. The minimum atomic E-state index is -0.329. The first-order valence-corrected chi connectivity index (χ1v) is 7.43. The predicted molar refractivity (Wildman–Crippen MR) is 89.7 cm³/mol. The molecule has 0 unspecified atom stereocenters. The highest BCUT2D eigenvalue weighted by molar-refractivity contribution is 6.08. The summed E-state index contributed by atoms with van der Waals surface area (Å²) in [6, 6.07) is 9.68. The van der Waals surface area contributed by atoms with Crippen molar-refractivity contribution in [3.8, 4) is 11.3 Å². The molecule has 0 aliphatic rings. The Hall–Kier alpha value is -3.48. The Morgan fingerprint density at radius 2 is 2.08 bits per heavy atom. The van der Waals surface area contributed by atoms with E-state index in [0.717, 1.165) is 17.0 Å². The van der Waals surface area contributed by atoms with Crippen LogP contribution in [0.2, 0.25) is 0 Å². The fourth-order valence-corrected chi connectivity index (χ4v) is 2.59. The smallest absolute Gasteiger partial charge is 0.278 e. The van der Waals surface area contributed by atoms with Crippen LogP contribution in [0.3, 0.4) is 0 Å². The number of imidazole rings is 1. The molecule has 3 aromatic heterocycles. The molecule has 2 N–H and O–H groups in total. The van der Waals surface area contributed by atoms with Gasteiger partial charge in [0.1, 0.15) is 0 Å². The molecule has 0 saturated heterocycles. The third-order valence-electron chi connectivity index (χ3n) is 3.66. The van der Waals surface area contributed by atoms with Gasteiger partial charge in [0.2, 0.25) is 0 Å². The average Bonchev–Trinajstić information content (AvgIpc) is 3.20. The van der Waals surface area contributed by atoms with E-state index in [2.05, 4.69) is 25.5 Å². The second kappa shape index (κ2) is 5.62. The number of aryl methyl sites for hydroxylation is 1. The number of rotatable bonds is 3. The molecule has 3 heterocycles. The molecule has 0 fully saturated rings. The van der Waals surface area contributed by atoms with Crippen LogP contribution < -0.4 is 5.32 Å². The van der Waals surface area contributed by atoms with Gasteiger partial charge in [0.15, 0.2) is 11.3 Å². The van der Waals surface area contributed by atoms with Gasteiger partial charge in [0, 0.05) is 24.2 Å². The van der Waals surface area contributed by atoms with E-state index in [1.807, 2.05) is 43.5 Å². The van der Waals surface area contributed by atoms with Gasteiger partial charge >= 0.3 is 0 Å². The molecule has 0 aliphatic carbocycles. The van der Waals surface area contributed by atoms with Crippen LogP contribution in [-0.2, 0) is 0 Å². The number of aromatic nitrogens is 5. The van der Waals surface area contributed by atoms with Crippen LogP contribution >= 0.6 is 0 Å². The fourth-order valence-electron chi connectivity index (χ4n) is 2.59. The number of aromatic amines is 1. The van der Waals surface area contributed by atoms with E-state index in [0.29, 0.717) is 11.3 Å². The van der Waals surface area contributed by atoms with Crippen LogP contribution in [0.25, 0.3) is 16.9 Å². The Morgan fingerprint density at radius 1 is 1.25 bits per heavy atom. The minimum absolute atomic E-state index is 0.269. The molecule has 7 nitrogen and oxygen atoms in total. The Kier molecular flexibility index (Phi) is 3.31. The van der Waals surface area contributed by atoms with E-state index in [4.69, 9.17) is 0 Å². The minimum Gasteiger partial charge on any atom is -0.317 e. The molecule has 0 radical (unpaired) electrons. The molecule has 7 heteroatoms. The zero-order valence-electron chi connectivity index (χ0n) is 12.9. The van der Waals surface area contributed by atoms with E-state index < -0.39 is 0 Å². The van der Waals surface area contributed by atoms with Gasteiger partial charge in [-0.15, -0.1) is 0 Å². The van der Waals surface area contributed by atoms with Crippen molar-refractivity contribution in [3.05, 3.63) is 66.5 Å². The molecule has 0 aliphatic heterocycles. The summed E-state index contributed by atoms with van der Waals surface area (Å²) in [4.78, 5) is 21.2. The Morgan fingerprint density at radius 3 is 2.92 bits per heavy atom. The number of fused-ring (bicyclic) bond motifs is 1. The lowest BCUT2D eigenvalue weighted by atomic mass is 10.1. The number of H-pyrrole nitrogens is 1. The summed E-state index contributed by atoms with van der Waals surface area (Å²) in [6.07, 6.45) is 6.77. The summed E-state index contributed by atoms with van der Waals surface area (Å²) in [5.74, 6) is -0.329. The van der Waals surface area contributed by atoms with Crippen molar-refractivity contribution in [1.29, 1.82) is 0 Å². The van der Waals surface area contributed by atoms with Gasteiger partial charge in [-0.2, -0.15) is 5.10 Å². The molecule has 0 saturated carbocycles. The summed E-state index contributed by atoms with van der Waals surface area (Å²) < 4.78 is 1.78. The number of hydrogen-bond donors (Lipinski definition) is 2. The summed E-state index contributed by atoms with van der Waals surface area (Å²) in [5.41, 5.74) is 3.90. The molecule has 1 aromatic carbocycles. The van der Waals surface area contributed by atoms with Crippen LogP contribution in [0.4, 0.5) is 5.69 Å². The highest BCUT2D eigenvalue weighted by Gasteiger charge is 2.17. The second-order valence-corrected chi connectivity index (χ2v) is 5.37. The lowest BCUT2D eigenvalue weighted by Crippen LogP contribution is -2.15. The number of anilines is 1. The van der Waals surface area contributed by atoms with Crippen LogP contribution in [0.5, 0.6) is 0 Å². The number of carbonyl (C=O) groups excluding carboxylic acids is 1. The lowest BCUT2D eigenvalue weighted by molar-refractivity contribution is 0.102. The highest BCUT2D eigenvalue weighted by Crippen LogP contribution is 2.25. The van der Waals surface area contributed by atoms with E-state index in [-0.39, 0.29) is 11.6 Å². The number of nitrogens with zero attached hydrogens (tertiary/aromatic N) is 4. The SMILES string of the molecule is Cc1cn2ccnc(C(=O)Nc3cn[nH]c3-c3ccccc3)c2n1. The summed E-state index contributed by atoms with van der Waals surface area (Å²) in [7, 11) is 0. The lowest BCUT2D eigenvalue weighted by Gasteiger charge is -2.06. The largest absolute Gasteiger partial charge is 0.317 e. The zero-order chi connectivity index (χ0) is 16.5. The topological polar surface area (TPSA) is 88.0 Å². The third-order valence-corrected chi connectivity index (χ3v) is 3.66. The third kappa shape index (κ3) is 2.41. The Bertz CT molecular complexity index is 1020. The molecule has 24 heavy (non-hydrogen) atoms. The zero-order valence-corrected chi connectivity index (χ0v) is 12.9. The molecule has 0 atom stereocenters. The van der Waals surface area contributed by atoms with Crippen LogP contribution in [0.15, 0.2) is 55.1 Å². The number of amides is 1. The van der Waals surface area contributed by atoms with Crippen molar-refractivity contribution in [2.75, 3.05) is 5.32 Å². The maximum atomic E-state index is 12.7. The van der Waals surface area contributed by atoms with E-state index in [1.165, 1.54) is 0 Å². The van der Waals surface area contributed by atoms with Crippen molar-refractivity contribution in [2.24, 2.45) is 0 Å². The Balaban J connectivity index is 1.69. The van der Waals surface area contributed by atoms with Gasteiger partial charge in [-0.3, -0.25) is 9.89 Å². The van der Waals surface area contributed by atoms with E-state index >= 15 is 0 Å². The van der Waals surface area contributed by atoms with Gasteiger partial charge in [0.05, 0.1) is 23.3 Å². The molecule has 118 valence electrons. The highest BCUT2D eigenvalue weighted by atomic mass is 16.1. The normalized spacial score (nSPS) is 10.9. The van der Waals surface area contributed by atoms with E-state index in [1.54, 1.807) is 23.0 Å². The Labute approximate surface area is 137 Å². The molecule has 0 bridgehead atoms. The molecule has 4 aromatic rings. The van der Waals surface area contributed by atoms with Crippen molar-refractivity contribution in [1.82, 2.24) is 24.6 Å². The molecule has 0 spiro atoms. The number of carbonyl (C=O) groups is 1. The van der Waals surface area contributed by atoms with Crippen molar-refractivity contribution in [3.63, 3.8) is 0 Å². The first-order chi connectivity index (χ1) is 11.7. The van der Waals surface area contributed by atoms with Gasteiger partial charge in [-0.05, 0) is 6.92 Å². The van der Waals surface area contributed by atoms with Gasteiger partial charge in [-0.1, -0.05) is 30.3 Å². The summed E-state index contributed by atoms with van der Waals surface area (Å²) in [6.45, 7) is 1.87. The maximum absolute atomic E-state index is 12.7. The average molecular weight is 318 g/mol. The second-order valence-electron chi connectivity index (χ2n) is 5.37. The van der Waals surface area contributed by atoms with Crippen molar-refractivity contribution in [2.45, 2.75) is 6.92 Å². The number of benzene rings is 1. The van der Waals surface area contributed by atoms with Gasteiger partial charge in [-0.25, -0.2) is 9.97 Å². The van der Waals surface area contributed by atoms with Crippen LogP contribution in [-0.4, -0.2) is 30.5 Å². The predicted octanol–water partition coefficient (Wildman–Crippen LogP) is 2.68. The van der Waals surface area contributed by atoms with E-state index in [9.17, 15) is 4.79 Å². The van der Waals surface area contributed by atoms with Crippen LogP contribution in [0, 0.1) is 6.92 Å². The first-order valence-electron chi connectivity index (χ1n) is 7.43. The van der Waals surface area contributed by atoms with Gasteiger partial charge in [0.25, 0.3) is 5.91 Å². The van der Waals surface area contributed by atoms with Gasteiger partial charge < -0.3 is 9.72 Å². The summed E-state index contributed by atoms with van der Waals surface area (Å²) >= 11 is 0. The molecular weight excluding hydrogens is 304 g/mol. The quantitative estimate of drug-likeness (QED) is 0.608. The number of nitrogens with one attached hydrogen (secondary N) is 2. The first kappa shape index (κ1) is 14.1. The van der Waals surface area contributed by atoms with Crippen LogP contribution in [0.1, 0.15) is 16.2 Å². The van der Waals surface area contributed by atoms with Crippen molar-refractivity contribution >= 4 is 17.2 Å². The standard InChI is InChI=1S/C17H14N6O/c1-11-10-23-8-7-18-15(16(23)20-11)17(24)21-13-9-19-22-14(13)12-5-3-2-4-6-12/h2-10H,1H3,(H,19,22)(H,21,24). The summed E-state index contributed by atoms with van der Waals surface area (Å²) in [5, 5.41) is 9.80. The monoisotopic (exact) mass is 318 g/mol. The fraction of sp³-hybridized carbons (Fsp3) is 0.0588. The molecular formula is C17H14N6O. The molecule has 4 rings (SSSR count).